The zero-order chi connectivity index (χ0) is 11.9. The molecule has 0 aromatic heterocycles. The highest BCUT2D eigenvalue weighted by atomic mass is 79.9. The molecule has 0 nitrogen and oxygen atoms in total. The highest BCUT2D eigenvalue weighted by Crippen LogP contribution is 2.26. The van der Waals surface area contributed by atoms with Gasteiger partial charge in [0, 0.05) is 5.33 Å². The van der Waals surface area contributed by atoms with Crippen molar-refractivity contribution in [2.45, 2.75) is 33.1 Å². The predicted octanol–water partition coefficient (Wildman–Crippen LogP) is 5.29. The Kier molecular flexibility index (Phi) is 5.83. The van der Waals surface area contributed by atoms with Crippen molar-refractivity contribution in [3.05, 3.63) is 42.0 Å². The monoisotopic (exact) mass is 280 g/mol. The van der Waals surface area contributed by atoms with Crippen molar-refractivity contribution < 1.29 is 0 Å². The zero-order valence-corrected chi connectivity index (χ0v) is 11.8. The third kappa shape index (κ3) is 5.50. The van der Waals surface area contributed by atoms with Crippen LogP contribution in [0.25, 0.3) is 6.08 Å². The summed E-state index contributed by atoms with van der Waals surface area (Å²) in [5, 5.41) is 1.12. The fraction of sp³-hybridized carbons (Fsp3) is 0.467. The Hall–Kier alpha value is -0.560. The molecule has 88 valence electrons. The van der Waals surface area contributed by atoms with Gasteiger partial charge in [0.2, 0.25) is 0 Å². The molecule has 0 atom stereocenters. The summed E-state index contributed by atoms with van der Waals surface area (Å²) >= 11 is 3.47. The molecule has 0 heterocycles. The number of hydrogen-bond acceptors (Lipinski definition) is 0. The van der Waals surface area contributed by atoms with Gasteiger partial charge in [-0.05, 0) is 23.8 Å². The molecule has 0 aliphatic rings. The summed E-state index contributed by atoms with van der Waals surface area (Å²) in [6, 6.07) is 10.5. The van der Waals surface area contributed by atoms with Gasteiger partial charge in [-0.25, -0.2) is 0 Å². The largest absolute Gasteiger partial charge is 0.0928 e. The molecule has 0 spiro atoms. The summed E-state index contributed by atoms with van der Waals surface area (Å²) in [5.74, 6) is 0. The Morgan fingerprint density at radius 3 is 2.44 bits per heavy atom. The highest BCUT2D eigenvalue weighted by molar-refractivity contribution is 9.09. The Labute approximate surface area is 108 Å². The minimum atomic E-state index is 0.304. The van der Waals surface area contributed by atoms with Crippen LogP contribution in [0.2, 0.25) is 0 Å². The zero-order valence-electron chi connectivity index (χ0n) is 10.2. The summed E-state index contributed by atoms with van der Waals surface area (Å²) in [5.41, 5.74) is 1.59. The van der Waals surface area contributed by atoms with Gasteiger partial charge < -0.3 is 0 Å². The van der Waals surface area contributed by atoms with E-state index in [2.05, 4.69) is 72.3 Å². The van der Waals surface area contributed by atoms with Crippen molar-refractivity contribution in [1.29, 1.82) is 0 Å². The summed E-state index contributed by atoms with van der Waals surface area (Å²) in [4.78, 5) is 0. The molecule has 0 radical (unpaired) electrons. The number of rotatable bonds is 6. The molecule has 0 aliphatic carbocycles. The quantitative estimate of drug-likeness (QED) is 0.491. The van der Waals surface area contributed by atoms with Crippen molar-refractivity contribution in [3.63, 3.8) is 0 Å². The lowest BCUT2D eigenvalue weighted by atomic mass is 9.86. The molecule has 0 aliphatic heterocycles. The first-order valence-corrected chi connectivity index (χ1v) is 7.06. The second-order valence-electron chi connectivity index (χ2n) is 4.88. The molecule has 0 saturated carbocycles. The van der Waals surface area contributed by atoms with E-state index in [-0.39, 0.29) is 0 Å². The van der Waals surface area contributed by atoms with E-state index in [1.807, 2.05) is 0 Å². The van der Waals surface area contributed by atoms with Crippen molar-refractivity contribution >= 4 is 22.0 Å². The smallest absolute Gasteiger partial charge is 0.00313 e. The number of unbranched alkanes of at least 4 members (excludes halogenated alkanes) is 1. The van der Waals surface area contributed by atoms with E-state index in [0.29, 0.717) is 5.41 Å². The van der Waals surface area contributed by atoms with Crippen LogP contribution < -0.4 is 0 Å². The van der Waals surface area contributed by atoms with Crippen molar-refractivity contribution in [2.24, 2.45) is 5.41 Å². The predicted molar refractivity (Wildman–Crippen MR) is 76.9 cm³/mol. The van der Waals surface area contributed by atoms with Gasteiger partial charge in [-0.2, -0.15) is 0 Å². The fourth-order valence-electron chi connectivity index (χ4n) is 1.64. The lowest BCUT2D eigenvalue weighted by Gasteiger charge is -2.19. The van der Waals surface area contributed by atoms with Gasteiger partial charge in [0.05, 0.1) is 0 Å². The second-order valence-corrected chi connectivity index (χ2v) is 5.67. The lowest BCUT2D eigenvalue weighted by Crippen LogP contribution is -2.06. The van der Waals surface area contributed by atoms with Gasteiger partial charge in [-0.1, -0.05) is 78.7 Å². The van der Waals surface area contributed by atoms with Gasteiger partial charge >= 0.3 is 0 Å². The molecule has 0 fully saturated rings. The van der Waals surface area contributed by atoms with E-state index in [1.54, 1.807) is 0 Å². The molecule has 1 aromatic carbocycles. The van der Waals surface area contributed by atoms with Crippen LogP contribution in [0, 0.1) is 5.41 Å². The molecule has 1 aromatic rings. The van der Waals surface area contributed by atoms with Crippen molar-refractivity contribution in [3.8, 4) is 0 Å². The van der Waals surface area contributed by atoms with Gasteiger partial charge in [-0.15, -0.1) is 0 Å². The van der Waals surface area contributed by atoms with Crippen LogP contribution in [0.4, 0.5) is 0 Å². The summed E-state index contributed by atoms with van der Waals surface area (Å²) in [6.45, 7) is 4.61. The molecular formula is C15H21Br. The standard InChI is InChI=1S/C15H21Br/c1-15(2,11-6-7-13-16)12-10-14-8-4-3-5-9-14/h3-5,8-10,12H,6-7,11,13H2,1-2H3/b12-10+. The minimum absolute atomic E-state index is 0.304. The maximum absolute atomic E-state index is 3.47. The maximum atomic E-state index is 3.47. The first-order chi connectivity index (χ1) is 7.64. The number of hydrogen-bond donors (Lipinski definition) is 0. The Morgan fingerprint density at radius 1 is 1.12 bits per heavy atom. The van der Waals surface area contributed by atoms with Gasteiger partial charge in [0.25, 0.3) is 0 Å². The van der Waals surface area contributed by atoms with E-state index in [9.17, 15) is 0 Å². The maximum Gasteiger partial charge on any atom is 0.00313 e. The van der Waals surface area contributed by atoms with E-state index >= 15 is 0 Å². The van der Waals surface area contributed by atoms with Gasteiger partial charge in [0.15, 0.2) is 0 Å². The van der Waals surface area contributed by atoms with Crippen LogP contribution in [-0.4, -0.2) is 5.33 Å². The molecule has 0 amide bonds. The summed E-state index contributed by atoms with van der Waals surface area (Å²) in [6.07, 6.45) is 8.37. The molecule has 1 heteroatoms. The van der Waals surface area contributed by atoms with Crippen LogP contribution in [0.15, 0.2) is 36.4 Å². The molecule has 0 saturated heterocycles. The normalized spacial score (nSPS) is 12.2. The fourth-order valence-corrected chi connectivity index (χ4v) is 2.04. The van der Waals surface area contributed by atoms with Crippen LogP contribution in [0.3, 0.4) is 0 Å². The number of allylic oxidation sites excluding steroid dienone is 1. The lowest BCUT2D eigenvalue weighted by molar-refractivity contribution is 0.422. The number of halogens is 1. The summed E-state index contributed by atoms with van der Waals surface area (Å²) in [7, 11) is 0. The first-order valence-electron chi connectivity index (χ1n) is 5.94. The average Bonchev–Trinajstić information content (AvgIpc) is 2.28. The van der Waals surface area contributed by atoms with E-state index in [0.717, 1.165) is 5.33 Å². The highest BCUT2D eigenvalue weighted by Gasteiger charge is 2.12. The van der Waals surface area contributed by atoms with E-state index in [4.69, 9.17) is 0 Å². The van der Waals surface area contributed by atoms with Crippen LogP contribution in [0.1, 0.15) is 38.7 Å². The van der Waals surface area contributed by atoms with Gasteiger partial charge in [0.1, 0.15) is 0 Å². The van der Waals surface area contributed by atoms with Crippen LogP contribution >= 0.6 is 15.9 Å². The van der Waals surface area contributed by atoms with E-state index < -0.39 is 0 Å². The average molecular weight is 281 g/mol. The molecule has 16 heavy (non-hydrogen) atoms. The molecule has 0 N–H and O–H groups in total. The van der Waals surface area contributed by atoms with Crippen LogP contribution in [-0.2, 0) is 0 Å². The van der Waals surface area contributed by atoms with Crippen LogP contribution in [0.5, 0.6) is 0 Å². The van der Waals surface area contributed by atoms with Gasteiger partial charge in [-0.3, -0.25) is 0 Å². The number of alkyl halides is 1. The Bertz CT molecular complexity index is 311. The SMILES string of the molecule is CC(C)(/C=C/c1ccccc1)CCCCBr. The number of benzene rings is 1. The third-order valence-corrected chi connectivity index (χ3v) is 3.29. The summed E-state index contributed by atoms with van der Waals surface area (Å²) < 4.78 is 0. The second kappa shape index (κ2) is 6.90. The third-order valence-electron chi connectivity index (χ3n) is 2.73. The first kappa shape index (κ1) is 13.5. The molecule has 0 unspecified atom stereocenters. The Morgan fingerprint density at radius 2 is 1.81 bits per heavy atom. The topological polar surface area (TPSA) is 0 Å². The Balaban J connectivity index is 2.48. The minimum Gasteiger partial charge on any atom is -0.0928 e. The molecule has 1 rings (SSSR count). The molecule has 0 bridgehead atoms. The molecular weight excluding hydrogens is 260 g/mol. The van der Waals surface area contributed by atoms with E-state index in [1.165, 1.54) is 24.8 Å². The van der Waals surface area contributed by atoms with Crippen molar-refractivity contribution in [2.75, 3.05) is 5.33 Å². The van der Waals surface area contributed by atoms with Crippen molar-refractivity contribution in [1.82, 2.24) is 0 Å².